The molecule has 2 saturated heterocycles. The van der Waals surface area contributed by atoms with Gasteiger partial charge in [-0.05, 0) is 57.3 Å². The first kappa shape index (κ1) is 27.5. The average Bonchev–Trinajstić information content (AvgIpc) is 3.54. The Hall–Kier alpha value is -2.56. The first-order valence-corrected chi connectivity index (χ1v) is 14.7. The van der Waals surface area contributed by atoms with E-state index in [1.54, 1.807) is 0 Å². The lowest BCUT2D eigenvalue weighted by molar-refractivity contribution is -0.138. The second-order valence-electron chi connectivity index (χ2n) is 10.6. The molecular formula is C26H39N5O5S. The number of imide groups is 1. The largest absolute Gasteiger partial charge is 0.356 e. The van der Waals surface area contributed by atoms with Gasteiger partial charge in [-0.25, -0.2) is 4.79 Å². The molecule has 204 valence electrons. The molecular weight excluding hydrogens is 494 g/mol. The topological polar surface area (TPSA) is 137 Å². The number of urea groups is 1. The number of amides is 6. The zero-order valence-electron chi connectivity index (χ0n) is 21.3. The van der Waals surface area contributed by atoms with Crippen molar-refractivity contribution in [1.29, 1.82) is 0 Å². The predicted molar refractivity (Wildman–Crippen MR) is 141 cm³/mol. The predicted octanol–water partition coefficient (Wildman–Crippen LogP) is 1.46. The molecule has 11 heteroatoms. The number of hydrogen-bond acceptors (Lipinski definition) is 6. The number of carbonyl (C=O) groups excluding carboxylic acids is 5. The van der Waals surface area contributed by atoms with Crippen molar-refractivity contribution in [1.82, 2.24) is 26.2 Å². The van der Waals surface area contributed by atoms with Crippen molar-refractivity contribution >= 4 is 41.4 Å². The van der Waals surface area contributed by atoms with Crippen molar-refractivity contribution in [2.45, 2.75) is 81.5 Å². The highest BCUT2D eigenvalue weighted by molar-refractivity contribution is 8.00. The molecule has 3 fully saturated rings. The number of unbranched alkanes of at least 4 members (excludes halogenated alkanes) is 2. The van der Waals surface area contributed by atoms with Gasteiger partial charge in [-0.1, -0.05) is 6.42 Å². The van der Waals surface area contributed by atoms with Gasteiger partial charge < -0.3 is 21.3 Å². The third kappa shape index (κ3) is 7.72. The quantitative estimate of drug-likeness (QED) is 0.161. The van der Waals surface area contributed by atoms with Crippen LogP contribution in [-0.4, -0.2) is 77.3 Å². The average molecular weight is 534 g/mol. The maximum absolute atomic E-state index is 12.5. The van der Waals surface area contributed by atoms with Gasteiger partial charge in [-0.2, -0.15) is 11.8 Å². The Balaban J connectivity index is 0.969. The standard InChI is InChI=1S/C26H39N5O5S/c32-21(6-2-1-5-20-24-19(16-37-20)29-26(36)30-24)27-13-3-4-14-28-25(35)18-9-7-17(8-10-18)15-31-22(33)11-12-23(31)34/h11-12,17-20,24H,1-10,13-16H2,(H,27,32)(H,28,35)(H2,29,30,36)/t17?,18?,19-,20-,24-/m0/s1. The highest BCUT2D eigenvalue weighted by Gasteiger charge is 2.42. The molecule has 0 aromatic carbocycles. The lowest BCUT2D eigenvalue weighted by Gasteiger charge is -2.30. The van der Waals surface area contributed by atoms with E-state index in [1.165, 1.54) is 17.1 Å². The fraction of sp³-hybridized carbons (Fsp3) is 0.731. The van der Waals surface area contributed by atoms with Crippen molar-refractivity contribution in [2.24, 2.45) is 11.8 Å². The van der Waals surface area contributed by atoms with Crippen LogP contribution in [0.3, 0.4) is 0 Å². The molecule has 4 N–H and O–H groups in total. The van der Waals surface area contributed by atoms with Crippen molar-refractivity contribution in [3.8, 4) is 0 Å². The third-order valence-electron chi connectivity index (χ3n) is 7.86. The van der Waals surface area contributed by atoms with Crippen LogP contribution in [0.15, 0.2) is 12.2 Å². The molecule has 6 amide bonds. The Labute approximate surface area is 222 Å². The Bertz CT molecular complexity index is 886. The molecule has 0 aromatic rings. The molecule has 0 bridgehead atoms. The second-order valence-corrected chi connectivity index (χ2v) is 11.8. The van der Waals surface area contributed by atoms with Crippen molar-refractivity contribution < 1.29 is 24.0 Å². The molecule has 4 rings (SSSR count). The third-order valence-corrected chi connectivity index (χ3v) is 9.37. The van der Waals surface area contributed by atoms with E-state index in [2.05, 4.69) is 21.3 Å². The summed E-state index contributed by atoms with van der Waals surface area (Å²) >= 11 is 1.90. The summed E-state index contributed by atoms with van der Waals surface area (Å²) in [5.41, 5.74) is 0. The van der Waals surface area contributed by atoms with Crippen LogP contribution in [0.4, 0.5) is 4.79 Å². The zero-order valence-corrected chi connectivity index (χ0v) is 22.2. The van der Waals surface area contributed by atoms with Crippen molar-refractivity contribution in [2.75, 3.05) is 25.4 Å². The minimum absolute atomic E-state index is 0.00576. The lowest BCUT2D eigenvalue weighted by Crippen LogP contribution is -2.38. The molecule has 3 atom stereocenters. The van der Waals surface area contributed by atoms with E-state index in [0.29, 0.717) is 31.3 Å². The van der Waals surface area contributed by atoms with Crippen LogP contribution in [-0.2, 0) is 19.2 Å². The fourth-order valence-electron chi connectivity index (χ4n) is 5.67. The molecule has 1 saturated carbocycles. The van der Waals surface area contributed by atoms with Gasteiger partial charge in [0.15, 0.2) is 0 Å². The normalized spacial score (nSPS) is 28.7. The van der Waals surface area contributed by atoms with Gasteiger partial charge >= 0.3 is 6.03 Å². The van der Waals surface area contributed by atoms with Gasteiger partial charge in [-0.3, -0.25) is 24.1 Å². The summed E-state index contributed by atoms with van der Waals surface area (Å²) in [5, 5.41) is 12.4. The van der Waals surface area contributed by atoms with Crippen LogP contribution in [0, 0.1) is 11.8 Å². The van der Waals surface area contributed by atoms with Crippen LogP contribution >= 0.6 is 11.8 Å². The maximum Gasteiger partial charge on any atom is 0.315 e. The lowest BCUT2D eigenvalue weighted by atomic mass is 9.81. The van der Waals surface area contributed by atoms with E-state index in [4.69, 9.17) is 0 Å². The van der Waals surface area contributed by atoms with Gasteiger partial charge in [0.25, 0.3) is 11.8 Å². The van der Waals surface area contributed by atoms with E-state index in [1.807, 2.05) is 11.8 Å². The Morgan fingerprint density at radius 2 is 1.62 bits per heavy atom. The van der Waals surface area contributed by atoms with Gasteiger partial charge in [0.2, 0.25) is 11.8 Å². The van der Waals surface area contributed by atoms with Gasteiger partial charge in [-0.15, -0.1) is 0 Å². The summed E-state index contributed by atoms with van der Waals surface area (Å²) in [6.07, 6.45) is 10.9. The first-order valence-electron chi connectivity index (χ1n) is 13.7. The number of carbonyl (C=O) groups is 5. The van der Waals surface area contributed by atoms with E-state index < -0.39 is 0 Å². The Morgan fingerprint density at radius 3 is 2.35 bits per heavy atom. The monoisotopic (exact) mass is 533 g/mol. The van der Waals surface area contributed by atoms with Crippen LogP contribution in [0.1, 0.15) is 64.2 Å². The smallest absolute Gasteiger partial charge is 0.315 e. The molecule has 3 aliphatic heterocycles. The fourth-order valence-corrected chi connectivity index (χ4v) is 7.22. The van der Waals surface area contributed by atoms with Crippen LogP contribution in [0.5, 0.6) is 0 Å². The van der Waals surface area contributed by atoms with E-state index in [0.717, 1.165) is 63.5 Å². The molecule has 0 unspecified atom stereocenters. The molecule has 4 aliphatic rings. The number of nitrogens with zero attached hydrogens (tertiary/aromatic N) is 1. The maximum atomic E-state index is 12.5. The van der Waals surface area contributed by atoms with E-state index in [-0.39, 0.29) is 53.6 Å². The Kier molecular flexibility index (Phi) is 9.88. The minimum Gasteiger partial charge on any atom is -0.356 e. The van der Waals surface area contributed by atoms with Crippen LogP contribution in [0.25, 0.3) is 0 Å². The van der Waals surface area contributed by atoms with Gasteiger partial charge in [0.1, 0.15) is 0 Å². The molecule has 1 aliphatic carbocycles. The first-order chi connectivity index (χ1) is 17.9. The summed E-state index contributed by atoms with van der Waals surface area (Å²) in [6, 6.07) is 0.403. The summed E-state index contributed by atoms with van der Waals surface area (Å²) in [6.45, 7) is 1.66. The van der Waals surface area contributed by atoms with Crippen LogP contribution in [0.2, 0.25) is 0 Å². The van der Waals surface area contributed by atoms with Gasteiger partial charge in [0.05, 0.1) is 12.1 Å². The molecule has 37 heavy (non-hydrogen) atoms. The minimum atomic E-state index is -0.239. The number of nitrogens with one attached hydrogen (secondary N) is 4. The number of hydrogen-bond donors (Lipinski definition) is 4. The van der Waals surface area contributed by atoms with E-state index in [9.17, 15) is 24.0 Å². The van der Waals surface area contributed by atoms with Crippen molar-refractivity contribution in [3.63, 3.8) is 0 Å². The summed E-state index contributed by atoms with van der Waals surface area (Å²) in [5.74, 6) is 0.891. The van der Waals surface area contributed by atoms with Crippen LogP contribution < -0.4 is 21.3 Å². The van der Waals surface area contributed by atoms with E-state index >= 15 is 0 Å². The summed E-state index contributed by atoms with van der Waals surface area (Å²) in [4.78, 5) is 60.7. The number of thioether (sulfide) groups is 1. The number of rotatable bonds is 13. The molecule has 0 aromatic heterocycles. The second kappa shape index (κ2) is 13.3. The Morgan fingerprint density at radius 1 is 0.919 bits per heavy atom. The summed E-state index contributed by atoms with van der Waals surface area (Å²) in [7, 11) is 0. The zero-order chi connectivity index (χ0) is 26.2. The van der Waals surface area contributed by atoms with Gasteiger partial charge in [0, 0.05) is 55.1 Å². The number of fused-ring (bicyclic) bond motifs is 1. The van der Waals surface area contributed by atoms with Crippen molar-refractivity contribution in [3.05, 3.63) is 12.2 Å². The molecule has 10 nitrogen and oxygen atoms in total. The molecule has 0 radical (unpaired) electrons. The highest BCUT2D eigenvalue weighted by atomic mass is 32.2. The SMILES string of the molecule is O=C(CCCC[C@@H]1SC[C@@H]2NC(=O)N[C@@H]21)NCCCCNC(=O)C1CCC(CN2C(=O)C=CC2=O)CC1. The molecule has 0 spiro atoms. The highest BCUT2D eigenvalue weighted by Crippen LogP contribution is 2.33. The molecule has 3 heterocycles. The summed E-state index contributed by atoms with van der Waals surface area (Å²) < 4.78 is 0.